The predicted molar refractivity (Wildman–Crippen MR) is 119 cm³/mol. The summed E-state index contributed by atoms with van der Waals surface area (Å²) in [6, 6.07) is 16.0. The Hall–Kier alpha value is -3.94. The first-order valence-electron chi connectivity index (χ1n) is 10.4. The van der Waals surface area contributed by atoms with Gasteiger partial charge in [-0.25, -0.2) is 0 Å². The van der Waals surface area contributed by atoms with E-state index in [0.717, 1.165) is 28.2 Å². The first kappa shape index (κ1) is 21.3. The molecule has 0 bridgehead atoms. The number of nitrogens with zero attached hydrogens (tertiary/aromatic N) is 3. The molecule has 0 fully saturated rings. The number of aryl methyl sites for hydroxylation is 2. The molecule has 4 rings (SSSR count). The van der Waals surface area contributed by atoms with E-state index in [0.29, 0.717) is 12.1 Å². The summed E-state index contributed by atoms with van der Waals surface area (Å²) in [6.45, 7) is 4.32. The number of aromatic nitrogens is 2. The molecule has 2 aromatic carbocycles. The third-order valence-electron chi connectivity index (χ3n) is 5.80. The number of benzene rings is 2. The molecule has 3 aromatic rings. The molecule has 3 amide bonds. The number of rotatable bonds is 5. The summed E-state index contributed by atoms with van der Waals surface area (Å²) in [5, 5.41) is 9.55. The molecule has 0 spiro atoms. The van der Waals surface area contributed by atoms with Crippen molar-refractivity contribution in [3.05, 3.63) is 82.7 Å². The molecule has 2 N–H and O–H groups in total. The summed E-state index contributed by atoms with van der Waals surface area (Å²) in [5.41, 5.74) is 4.96. The predicted octanol–water partition coefficient (Wildman–Crippen LogP) is 2.06. The van der Waals surface area contributed by atoms with Crippen LogP contribution in [0.5, 0.6) is 0 Å². The van der Waals surface area contributed by atoms with Crippen LogP contribution in [0.25, 0.3) is 0 Å². The zero-order valence-corrected chi connectivity index (χ0v) is 18.3. The molecule has 32 heavy (non-hydrogen) atoms. The van der Waals surface area contributed by atoms with Gasteiger partial charge in [0.2, 0.25) is 0 Å². The van der Waals surface area contributed by atoms with Gasteiger partial charge in [0.25, 0.3) is 5.91 Å². The molecule has 0 radical (unpaired) electrons. The van der Waals surface area contributed by atoms with Gasteiger partial charge in [-0.15, -0.1) is 0 Å². The Kier molecular flexibility index (Phi) is 5.77. The van der Waals surface area contributed by atoms with Crippen molar-refractivity contribution in [2.75, 3.05) is 4.90 Å². The van der Waals surface area contributed by atoms with Crippen molar-refractivity contribution in [3.63, 3.8) is 0 Å². The molecule has 0 aliphatic carbocycles. The van der Waals surface area contributed by atoms with E-state index in [1.165, 1.54) is 0 Å². The lowest BCUT2D eigenvalue weighted by molar-refractivity contribution is -0.140. The molecule has 0 unspecified atom stereocenters. The Balaban J connectivity index is 1.46. The fraction of sp³-hybridized carbons (Fsp3) is 0.250. The molecule has 1 atom stereocenters. The summed E-state index contributed by atoms with van der Waals surface area (Å²) in [6.07, 6.45) is 0. The summed E-state index contributed by atoms with van der Waals surface area (Å²) >= 11 is 0. The molecule has 1 aliphatic rings. The minimum atomic E-state index is -0.907. The fourth-order valence-electron chi connectivity index (χ4n) is 3.97. The molecule has 1 aliphatic heterocycles. The Morgan fingerprint density at radius 3 is 2.38 bits per heavy atom. The zero-order chi connectivity index (χ0) is 22.8. The quantitative estimate of drug-likeness (QED) is 0.605. The topological polar surface area (TPSA) is 96.3 Å². The standard InChI is InChI=1S/C24H25N5O3/c1-15-19(16(2)28(3)27-15)13-25-22(30)23(31)26-21-18-11-7-8-12-20(18)29(24(21)32)14-17-9-5-4-6-10-17/h4-12,21H,13-14H2,1-3H3,(H,25,30)(H,26,31)/t21-/m1/s1. The van der Waals surface area contributed by atoms with Gasteiger partial charge in [-0.2, -0.15) is 5.10 Å². The van der Waals surface area contributed by atoms with E-state index in [9.17, 15) is 14.4 Å². The second-order valence-electron chi connectivity index (χ2n) is 7.83. The summed E-state index contributed by atoms with van der Waals surface area (Å²) in [4.78, 5) is 39.8. The Bertz CT molecular complexity index is 1190. The Labute approximate surface area is 186 Å². The van der Waals surface area contributed by atoms with Crippen molar-refractivity contribution >= 4 is 23.4 Å². The average molecular weight is 431 g/mol. The van der Waals surface area contributed by atoms with Crippen LogP contribution in [0.1, 0.15) is 34.1 Å². The van der Waals surface area contributed by atoms with Crippen LogP contribution < -0.4 is 15.5 Å². The summed E-state index contributed by atoms with van der Waals surface area (Å²) in [7, 11) is 1.82. The second-order valence-corrected chi connectivity index (χ2v) is 7.83. The van der Waals surface area contributed by atoms with Gasteiger partial charge in [0.1, 0.15) is 6.04 Å². The molecule has 8 nitrogen and oxygen atoms in total. The highest BCUT2D eigenvalue weighted by atomic mass is 16.2. The number of amides is 3. The number of para-hydroxylation sites is 1. The third kappa shape index (κ3) is 3.99. The summed E-state index contributed by atoms with van der Waals surface area (Å²) in [5.74, 6) is -1.91. The van der Waals surface area contributed by atoms with Crippen LogP contribution in [-0.4, -0.2) is 27.5 Å². The smallest absolute Gasteiger partial charge is 0.310 e. The lowest BCUT2D eigenvalue weighted by atomic mass is 10.1. The molecule has 0 saturated heterocycles. The monoisotopic (exact) mass is 431 g/mol. The number of carbonyl (C=O) groups excluding carboxylic acids is 3. The molecule has 164 valence electrons. The van der Waals surface area contributed by atoms with Crippen molar-refractivity contribution in [1.82, 2.24) is 20.4 Å². The Morgan fingerprint density at radius 2 is 1.69 bits per heavy atom. The van der Waals surface area contributed by atoms with Crippen LogP contribution in [0.3, 0.4) is 0 Å². The highest BCUT2D eigenvalue weighted by Crippen LogP contribution is 2.36. The lowest BCUT2D eigenvalue weighted by Crippen LogP contribution is -2.44. The lowest BCUT2D eigenvalue weighted by Gasteiger charge is -2.18. The SMILES string of the molecule is Cc1nn(C)c(C)c1CNC(=O)C(=O)N[C@H]1C(=O)N(Cc2ccccc2)c2ccccc21. The summed E-state index contributed by atoms with van der Waals surface area (Å²) < 4.78 is 1.73. The number of hydrogen-bond donors (Lipinski definition) is 2. The molecule has 8 heteroatoms. The van der Waals surface area contributed by atoms with Crippen LogP contribution in [0, 0.1) is 13.8 Å². The van der Waals surface area contributed by atoms with Crippen LogP contribution in [0.4, 0.5) is 5.69 Å². The van der Waals surface area contributed by atoms with Gasteiger partial charge in [0.05, 0.1) is 12.2 Å². The van der Waals surface area contributed by atoms with E-state index in [1.807, 2.05) is 69.4 Å². The van der Waals surface area contributed by atoms with E-state index in [2.05, 4.69) is 15.7 Å². The fourth-order valence-corrected chi connectivity index (χ4v) is 3.97. The van der Waals surface area contributed by atoms with Gasteiger partial charge in [0, 0.05) is 36.1 Å². The van der Waals surface area contributed by atoms with Crippen LogP contribution in [0.2, 0.25) is 0 Å². The van der Waals surface area contributed by atoms with E-state index < -0.39 is 17.9 Å². The van der Waals surface area contributed by atoms with E-state index >= 15 is 0 Å². The third-order valence-corrected chi connectivity index (χ3v) is 5.80. The van der Waals surface area contributed by atoms with E-state index in [1.54, 1.807) is 15.6 Å². The Morgan fingerprint density at radius 1 is 1.00 bits per heavy atom. The molecular weight excluding hydrogens is 406 g/mol. The molecule has 2 heterocycles. The van der Waals surface area contributed by atoms with Crippen LogP contribution in [-0.2, 0) is 34.5 Å². The van der Waals surface area contributed by atoms with Gasteiger partial charge in [0.15, 0.2) is 0 Å². The zero-order valence-electron chi connectivity index (χ0n) is 18.3. The molecule has 1 aromatic heterocycles. The first-order chi connectivity index (χ1) is 15.4. The van der Waals surface area contributed by atoms with Crippen molar-refractivity contribution < 1.29 is 14.4 Å². The van der Waals surface area contributed by atoms with Gasteiger partial charge in [-0.3, -0.25) is 19.1 Å². The van der Waals surface area contributed by atoms with Crippen LogP contribution in [0.15, 0.2) is 54.6 Å². The molecule has 0 saturated carbocycles. The van der Waals surface area contributed by atoms with Gasteiger partial charge in [-0.05, 0) is 25.5 Å². The number of nitrogens with one attached hydrogen (secondary N) is 2. The normalized spacial score (nSPS) is 14.9. The number of carbonyl (C=O) groups is 3. The highest BCUT2D eigenvalue weighted by molar-refractivity contribution is 6.35. The van der Waals surface area contributed by atoms with Crippen molar-refractivity contribution in [2.24, 2.45) is 7.05 Å². The minimum Gasteiger partial charge on any atom is -0.344 e. The van der Waals surface area contributed by atoms with Crippen molar-refractivity contribution in [2.45, 2.75) is 33.0 Å². The molecular formula is C24H25N5O3. The van der Waals surface area contributed by atoms with Gasteiger partial charge < -0.3 is 15.5 Å². The first-order valence-corrected chi connectivity index (χ1v) is 10.4. The average Bonchev–Trinajstić information content (AvgIpc) is 3.19. The van der Waals surface area contributed by atoms with Gasteiger partial charge in [-0.1, -0.05) is 48.5 Å². The second kappa shape index (κ2) is 8.66. The minimum absolute atomic E-state index is 0.188. The van der Waals surface area contributed by atoms with Crippen molar-refractivity contribution in [3.8, 4) is 0 Å². The maximum atomic E-state index is 13.2. The number of fused-ring (bicyclic) bond motifs is 1. The van der Waals surface area contributed by atoms with Crippen LogP contribution >= 0.6 is 0 Å². The van der Waals surface area contributed by atoms with E-state index in [-0.39, 0.29) is 12.5 Å². The highest BCUT2D eigenvalue weighted by Gasteiger charge is 2.38. The maximum absolute atomic E-state index is 13.2. The number of hydrogen-bond acceptors (Lipinski definition) is 4. The largest absolute Gasteiger partial charge is 0.344 e. The van der Waals surface area contributed by atoms with Crippen molar-refractivity contribution in [1.29, 1.82) is 0 Å². The number of anilines is 1. The van der Waals surface area contributed by atoms with E-state index in [4.69, 9.17) is 0 Å². The van der Waals surface area contributed by atoms with Gasteiger partial charge >= 0.3 is 11.8 Å². The maximum Gasteiger partial charge on any atom is 0.310 e.